The molecule has 5 rings (SSSR count). The van der Waals surface area contributed by atoms with Gasteiger partial charge in [-0.3, -0.25) is 10.1 Å². The second kappa shape index (κ2) is 6.20. The Labute approximate surface area is 164 Å². The molecule has 3 aromatic rings. The molecule has 0 radical (unpaired) electrons. The number of anilines is 1. The number of non-ortho nitro benzene ring substituents is 1. The largest absolute Gasteiger partial charge is 0.378 e. The topological polar surface area (TPSA) is 55.2 Å². The second-order valence-corrected chi connectivity index (χ2v) is 8.06. The highest BCUT2D eigenvalue weighted by atomic mass is 16.6. The van der Waals surface area contributed by atoms with Crippen LogP contribution in [0.15, 0.2) is 60.7 Å². The average molecular weight is 370 g/mol. The van der Waals surface area contributed by atoms with Gasteiger partial charge < -0.3 is 5.32 Å². The van der Waals surface area contributed by atoms with Crippen LogP contribution in [0, 0.1) is 29.9 Å². The summed E-state index contributed by atoms with van der Waals surface area (Å²) in [5.41, 5.74) is 8.74. The van der Waals surface area contributed by atoms with Crippen LogP contribution in [0.4, 0.5) is 11.4 Å². The number of nitro benzene ring substituents is 1. The van der Waals surface area contributed by atoms with Crippen molar-refractivity contribution in [2.24, 2.45) is 5.92 Å². The second-order valence-electron chi connectivity index (χ2n) is 8.06. The van der Waals surface area contributed by atoms with Gasteiger partial charge in [0.25, 0.3) is 5.69 Å². The molecule has 4 nitrogen and oxygen atoms in total. The van der Waals surface area contributed by atoms with Crippen LogP contribution in [0.5, 0.6) is 0 Å². The Morgan fingerprint density at radius 2 is 1.79 bits per heavy atom. The highest BCUT2D eigenvalue weighted by Gasteiger charge is 2.44. The van der Waals surface area contributed by atoms with Gasteiger partial charge in [0.2, 0.25) is 0 Å². The molecule has 1 aliphatic carbocycles. The van der Waals surface area contributed by atoms with E-state index in [9.17, 15) is 10.1 Å². The standard InChI is InChI=1S/C24H22N2O2/c1-14-7-8-15(2)19(11-14)24-21-12-16-5-3-4-6-18(16)23(21)20-13-17(26(27)28)9-10-22(20)25-24/h3-11,13,21,23-25H,12H2,1-2H3/t21-,23+,24+/m1/s1. The lowest BCUT2D eigenvalue weighted by molar-refractivity contribution is -0.384. The molecule has 0 spiro atoms. The van der Waals surface area contributed by atoms with Crippen LogP contribution in [0.1, 0.15) is 45.3 Å². The summed E-state index contributed by atoms with van der Waals surface area (Å²) in [5.74, 6) is 0.518. The van der Waals surface area contributed by atoms with Crippen LogP contribution in [0.3, 0.4) is 0 Å². The first-order valence-electron chi connectivity index (χ1n) is 9.73. The summed E-state index contributed by atoms with van der Waals surface area (Å²) in [7, 11) is 0. The van der Waals surface area contributed by atoms with E-state index >= 15 is 0 Å². The van der Waals surface area contributed by atoms with Crippen LogP contribution in [-0.4, -0.2) is 4.92 Å². The molecule has 2 aliphatic rings. The van der Waals surface area contributed by atoms with Gasteiger partial charge in [-0.05, 0) is 60.1 Å². The van der Waals surface area contributed by atoms with Crippen molar-refractivity contribution < 1.29 is 4.92 Å². The zero-order chi connectivity index (χ0) is 19.4. The fraction of sp³-hybridized carbons (Fsp3) is 0.250. The Bertz CT molecular complexity index is 1110. The number of benzene rings is 3. The van der Waals surface area contributed by atoms with Gasteiger partial charge in [-0.25, -0.2) is 0 Å². The minimum absolute atomic E-state index is 0.161. The van der Waals surface area contributed by atoms with Gasteiger partial charge in [0.05, 0.1) is 11.0 Å². The van der Waals surface area contributed by atoms with E-state index in [0.29, 0.717) is 5.92 Å². The van der Waals surface area contributed by atoms with Gasteiger partial charge in [0.15, 0.2) is 0 Å². The van der Waals surface area contributed by atoms with Crippen LogP contribution in [0.25, 0.3) is 0 Å². The van der Waals surface area contributed by atoms with Crippen LogP contribution >= 0.6 is 0 Å². The van der Waals surface area contributed by atoms with Crippen molar-refractivity contribution in [2.75, 3.05) is 5.32 Å². The molecule has 0 fully saturated rings. The molecular weight excluding hydrogens is 348 g/mol. The average Bonchev–Trinajstić information content (AvgIpc) is 3.08. The zero-order valence-electron chi connectivity index (χ0n) is 16.0. The predicted octanol–water partition coefficient (Wildman–Crippen LogP) is 5.68. The van der Waals surface area contributed by atoms with Crippen molar-refractivity contribution in [1.29, 1.82) is 0 Å². The molecule has 1 aliphatic heterocycles. The summed E-state index contributed by atoms with van der Waals surface area (Å²) in [6.45, 7) is 4.29. The Morgan fingerprint density at radius 1 is 0.964 bits per heavy atom. The summed E-state index contributed by atoms with van der Waals surface area (Å²) >= 11 is 0. The van der Waals surface area contributed by atoms with Gasteiger partial charge >= 0.3 is 0 Å². The number of hydrogen-bond donors (Lipinski definition) is 1. The molecule has 3 atom stereocenters. The molecule has 1 heterocycles. The van der Waals surface area contributed by atoms with Crippen molar-refractivity contribution in [2.45, 2.75) is 32.2 Å². The summed E-state index contributed by atoms with van der Waals surface area (Å²) < 4.78 is 0. The maximum atomic E-state index is 11.4. The highest BCUT2D eigenvalue weighted by Crippen LogP contribution is 2.54. The third kappa shape index (κ3) is 2.52. The Kier molecular flexibility index (Phi) is 3.76. The SMILES string of the molecule is Cc1ccc(C)c([C@@H]2Nc3ccc([N+](=O)[O-])cc3[C@@H]3c4ccccc4C[C@H]32)c1. The molecule has 0 bridgehead atoms. The molecule has 4 heteroatoms. The molecule has 0 unspecified atom stereocenters. The highest BCUT2D eigenvalue weighted by molar-refractivity contribution is 5.65. The lowest BCUT2D eigenvalue weighted by Crippen LogP contribution is -2.31. The number of aryl methyl sites for hydroxylation is 2. The minimum atomic E-state index is -0.299. The van der Waals surface area contributed by atoms with Gasteiger partial charge in [0.1, 0.15) is 0 Å². The van der Waals surface area contributed by atoms with E-state index in [1.807, 2.05) is 6.07 Å². The summed E-state index contributed by atoms with van der Waals surface area (Å²) in [5, 5.41) is 15.1. The number of nitro groups is 1. The monoisotopic (exact) mass is 370 g/mol. The van der Waals surface area contributed by atoms with Gasteiger partial charge in [-0.2, -0.15) is 0 Å². The molecule has 28 heavy (non-hydrogen) atoms. The molecule has 1 N–H and O–H groups in total. The van der Waals surface area contributed by atoms with E-state index in [1.54, 1.807) is 12.1 Å². The quantitative estimate of drug-likeness (QED) is 0.466. The van der Waals surface area contributed by atoms with E-state index < -0.39 is 0 Å². The van der Waals surface area contributed by atoms with Crippen molar-refractivity contribution >= 4 is 11.4 Å². The molecule has 0 aromatic heterocycles. The smallest absolute Gasteiger partial charge is 0.269 e. The number of rotatable bonds is 2. The third-order valence-corrected chi connectivity index (χ3v) is 6.36. The van der Waals surface area contributed by atoms with E-state index in [-0.39, 0.29) is 22.6 Å². The Morgan fingerprint density at radius 3 is 2.61 bits per heavy atom. The van der Waals surface area contributed by atoms with Gasteiger partial charge in [-0.15, -0.1) is 0 Å². The predicted molar refractivity (Wildman–Crippen MR) is 111 cm³/mol. The number of hydrogen-bond acceptors (Lipinski definition) is 3. The van der Waals surface area contributed by atoms with Crippen molar-refractivity contribution in [3.05, 3.63) is 104 Å². The molecule has 140 valence electrons. The van der Waals surface area contributed by atoms with Crippen molar-refractivity contribution in [3.63, 3.8) is 0 Å². The molecule has 3 aromatic carbocycles. The molecule has 0 saturated carbocycles. The van der Waals surface area contributed by atoms with E-state index in [0.717, 1.165) is 17.7 Å². The fourth-order valence-corrected chi connectivity index (χ4v) is 5.06. The first-order chi connectivity index (χ1) is 13.5. The minimum Gasteiger partial charge on any atom is -0.378 e. The van der Waals surface area contributed by atoms with Gasteiger partial charge in [0, 0.05) is 23.7 Å². The number of nitrogens with zero attached hydrogens (tertiary/aromatic N) is 1. The maximum Gasteiger partial charge on any atom is 0.269 e. The number of nitrogens with one attached hydrogen (secondary N) is 1. The normalized spacial score (nSPS) is 22.0. The molecule has 0 saturated heterocycles. The fourth-order valence-electron chi connectivity index (χ4n) is 5.06. The van der Waals surface area contributed by atoms with E-state index in [1.165, 1.54) is 27.8 Å². The number of fused-ring (bicyclic) bond motifs is 5. The zero-order valence-corrected chi connectivity index (χ0v) is 16.0. The molecular formula is C24H22N2O2. The summed E-state index contributed by atoms with van der Waals surface area (Å²) in [4.78, 5) is 11.1. The lowest BCUT2D eigenvalue weighted by Gasteiger charge is -2.38. The third-order valence-electron chi connectivity index (χ3n) is 6.36. The van der Waals surface area contributed by atoms with Crippen molar-refractivity contribution in [3.8, 4) is 0 Å². The van der Waals surface area contributed by atoms with E-state index in [4.69, 9.17) is 0 Å². The Hall–Kier alpha value is -3.14. The van der Waals surface area contributed by atoms with Gasteiger partial charge in [-0.1, -0.05) is 48.0 Å². The summed E-state index contributed by atoms with van der Waals surface area (Å²) in [6, 6.07) is 20.6. The lowest BCUT2D eigenvalue weighted by atomic mass is 9.74. The maximum absolute atomic E-state index is 11.4. The molecule has 0 amide bonds. The van der Waals surface area contributed by atoms with Crippen LogP contribution in [0.2, 0.25) is 0 Å². The Balaban J connectivity index is 1.71. The van der Waals surface area contributed by atoms with Crippen LogP contribution in [-0.2, 0) is 6.42 Å². The van der Waals surface area contributed by atoms with Crippen LogP contribution < -0.4 is 5.32 Å². The first-order valence-corrected chi connectivity index (χ1v) is 9.73. The van der Waals surface area contributed by atoms with Crippen molar-refractivity contribution in [1.82, 2.24) is 0 Å². The van der Waals surface area contributed by atoms with E-state index in [2.05, 4.69) is 61.6 Å². The first kappa shape index (κ1) is 17.0. The summed E-state index contributed by atoms with van der Waals surface area (Å²) in [6.07, 6.45) is 0.980.